The Labute approximate surface area is 109 Å². The number of hydrogen-bond acceptors (Lipinski definition) is 3. The van der Waals surface area contributed by atoms with Crippen LogP contribution >= 0.6 is 0 Å². The SMILES string of the molecule is CC(C)CC(C)OC(=O)C1CCC(C(=O)O)CC1. The summed E-state index contributed by atoms with van der Waals surface area (Å²) in [4.78, 5) is 22.7. The summed E-state index contributed by atoms with van der Waals surface area (Å²) >= 11 is 0. The Kier molecular flexibility index (Phi) is 5.63. The monoisotopic (exact) mass is 256 g/mol. The van der Waals surface area contributed by atoms with Gasteiger partial charge in [-0.15, -0.1) is 0 Å². The molecule has 0 saturated heterocycles. The van der Waals surface area contributed by atoms with Gasteiger partial charge in [0.15, 0.2) is 0 Å². The highest BCUT2D eigenvalue weighted by Crippen LogP contribution is 2.30. The fourth-order valence-electron chi connectivity index (χ4n) is 2.58. The second-order valence-electron chi connectivity index (χ2n) is 5.76. The van der Waals surface area contributed by atoms with E-state index in [1.807, 2.05) is 6.92 Å². The second kappa shape index (κ2) is 6.76. The van der Waals surface area contributed by atoms with E-state index in [2.05, 4.69) is 13.8 Å². The lowest BCUT2D eigenvalue weighted by molar-refractivity contribution is -0.157. The Morgan fingerprint density at radius 2 is 1.61 bits per heavy atom. The molecule has 1 saturated carbocycles. The van der Waals surface area contributed by atoms with Crippen molar-refractivity contribution >= 4 is 11.9 Å². The molecule has 4 nitrogen and oxygen atoms in total. The molecule has 0 aliphatic heterocycles. The topological polar surface area (TPSA) is 63.6 Å². The Bertz CT molecular complexity index is 290. The van der Waals surface area contributed by atoms with Crippen molar-refractivity contribution in [1.82, 2.24) is 0 Å². The summed E-state index contributed by atoms with van der Waals surface area (Å²) in [6.45, 7) is 6.12. The summed E-state index contributed by atoms with van der Waals surface area (Å²) in [5.41, 5.74) is 0. The maximum atomic E-state index is 11.9. The van der Waals surface area contributed by atoms with Crippen LogP contribution in [0.2, 0.25) is 0 Å². The zero-order valence-corrected chi connectivity index (χ0v) is 11.5. The average molecular weight is 256 g/mol. The third kappa shape index (κ3) is 4.67. The van der Waals surface area contributed by atoms with Crippen LogP contribution in [0.3, 0.4) is 0 Å². The molecule has 1 atom stereocenters. The van der Waals surface area contributed by atoms with Gasteiger partial charge in [-0.1, -0.05) is 13.8 Å². The van der Waals surface area contributed by atoms with Crippen molar-refractivity contribution in [1.29, 1.82) is 0 Å². The lowest BCUT2D eigenvalue weighted by Crippen LogP contribution is -2.29. The van der Waals surface area contributed by atoms with Crippen LogP contribution < -0.4 is 0 Å². The summed E-state index contributed by atoms with van der Waals surface area (Å²) < 4.78 is 5.41. The molecule has 1 fully saturated rings. The molecule has 1 N–H and O–H groups in total. The molecular formula is C14H24O4. The molecule has 0 bridgehead atoms. The van der Waals surface area contributed by atoms with Gasteiger partial charge in [0, 0.05) is 0 Å². The first-order chi connectivity index (χ1) is 8.40. The van der Waals surface area contributed by atoms with Crippen molar-refractivity contribution in [2.45, 2.75) is 59.0 Å². The first-order valence-electron chi connectivity index (χ1n) is 6.83. The quantitative estimate of drug-likeness (QED) is 0.768. The van der Waals surface area contributed by atoms with E-state index in [0.717, 1.165) is 6.42 Å². The number of carboxylic acids is 1. The lowest BCUT2D eigenvalue weighted by atomic mass is 9.82. The minimum Gasteiger partial charge on any atom is -0.481 e. The molecule has 4 heteroatoms. The third-order valence-corrected chi connectivity index (χ3v) is 3.53. The van der Waals surface area contributed by atoms with E-state index in [1.165, 1.54) is 0 Å². The second-order valence-corrected chi connectivity index (χ2v) is 5.76. The summed E-state index contributed by atoms with van der Waals surface area (Å²) in [6, 6.07) is 0. The number of carboxylic acid groups (broad SMARTS) is 1. The first-order valence-corrected chi connectivity index (χ1v) is 6.83. The molecule has 104 valence electrons. The van der Waals surface area contributed by atoms with Crippen molar-refractivity contribution in [2.24, 2.45) is 17.8 Å². The molecule has 1 aliphatic carbocycles. The summed E-state index contributed by atoms with van der Waals surface area (Å²) in [5.74, 6) is -0.755. The van der Waals surface area contributed by atoms with Gasteiger partial charge in [0.25, 0.3) is 0 Å². The molecule has 18 heavy (non-hydrogen) atoms. The van der Waals surface area contributed by atoms with Crippen molar-refractivity contribution < 1.29 is 19.4 Å². The first kappa shape index (κ1) is 15.0. The summed E-state index contributed by atoms with van der Waals surface area (Å²) in [7, 11) is 0. The van der Waals surface area contributed by atoms with E-state index < -0.39 is 5.97 Å². The molecule has 1 rings (SSSR count). The molecule has 1 aliphatic rings. The summed E-state index contributed by atoms with van der Waals surface area (Å²) in [5, 5.41) is 8.89. The van der Waals surface area contributed by atoms with Crippen LogP contribution in [0.25, 0.3) is 0 Å². The molecule has 0 amide bonds. The van der Waals surface area contributed by atoms with Crippen molar-refractivity contribution in [3.8, 4) is 0 Å². The van der Waals surface area contributed by atoms with E-state index in [1.54, 1.807) is 0 Å². The van der Waals surface area contributed by atoms with Crippen LogP contribution in [0.4, 0.5) is 0 Å². The highest BCUT2D eigenvalue weighted by molar-refractivity contribution is 5.74. The molecule has 1 unspecified atom stereocenters. The van der Waals surface area contributed by atoms with Gasteiger partial charge in [0.05, 0.1) is 17.9 Å². The number of carbonyl (C=O) groups is 2. The van der Waals surface area contributed by atoms with Crippen molar-refractivity contribution in [3.05, 3.63) is 0 Å². The van der Waals surface area contributed by atoms with Crippen LogP contribution in [0.5, 0.6) is 0 Å². The Balaban J connectivity index is 2.34. The zero-order chi connectivity index (χ0) is 13.7. The van der Waals surface area contributed by atoms with Crippen LogP contribution in [0, 0.1) is 17.8 Å². The Hall–Kier alpha value is -1.06. The Morgan fingerprint density at radius 3 is 2.06 bits per heavy atom. The van der Waals surface area contributed by atoms with Crippen molar-refractivity contribution in [3.63, 3.8) is 0 Å². The number of esters is 1. The van der Waals surface area contributed by atoms with Gasteiger partial charge in [-0.05, 0) is 44.9 Å². The minimum atomic E-state index is -0.741. The highest BCUT2D eigenvalue weighted by Gasteiger charge is 2.31. The van der Waals surface area contributed by atoms with E-state index in [4.69, 9.17) is 9.84 Å². The number of rotatable bonds is 5. The van der Waals surface area contributed by atoms with Gasteiger partial charge in [-0.2, -0.15) is 0 Å². The van der Waals surface area contributed by atoms with Crippen LogP contribution in [-0.2, 0) is 14.3 Å². The molecule has 0 aromatic carbocycles. The fourth-order valence-corrected chi connectivity index (χ4v) is 2.58. The number of ether oxygens (including phenoxy) is 1. The largest absolute Gasteiger partial charge is 0.481 e. The standard InChI is InChI=1S/C14H24O4/c1-9(2)8-10(3)18-14(17)12-6-4-11(5-7-12)13(15)16/h9-12H,4-8H2,1-3H3,(H,15,16). The lowest BCUT2D eigenvalue weighted by Gasteiger charge is -2.26. The molecule has 0 spiro atoms. The van der Waals surface area contributed by atoms with Crippen LogP contribution in [-0.4, -0.2) is 23.1 Å². The van der Waals surface area contributed by atoms with Gasteiger partial charge >= 0.3 is 11.9 Å². The maximum absolute atomic E-state index is 11.9. The van der Waals surface area contributed by atoms with Crippen LogP contribution in [0.1, 0.15) is 52.9 Å². The van der Waals surface area contributed by atoms with Gasteiger partial charge in [0.2, 0.25) is 0 Å². The van der Waals surface area contributed by atoms with E-state index in [-0.39, 0.29) is 23.9 Å². The zero-order valence-electron chi connectivity index (χ0n) is 11.5. The highest BCUT2D eigenvalue weighted by atomic mass is 16.5. The normalized spacial score (nSPS) is 25.8. The maximum Gasteiger partial charge on any atom is 0.309 e. The third-order valence-electron chi connectivity index (χ3n) is 3.53. The summed E-state index contributed by atoms with van der Waals surface area (Å²) in [6.07, 6.45) is 3.29. The smallest absolute Gasteiger partial charge is 0.309 e. The van der Waals surface area contributed by atoms with Gasteiger partial charge < -0.3 is 9.84 Å². The minimum absolute atomic E-state index is 0.0466. The van der Waals surface area contributed by atoms with E-state index in [0.29, 0.717) is 31.6 Å². The molecule has 0 heterocycles. The van der Waals surface area contributed by atoms with E-state index >= 15 is 0 Å². The van der Waals surface area contributed by atoms with Crippen molar-refractivity contribution in [2.75, 3.05) is 0 Å². The molecular weight excluding hydrogens is 232 g/mol. The molecule has 0 aromatic rings. The number of aliphatic carboxylic acids is 1. The van der Waals surface area contributed by atoms with Gasteiger partial charge in [-0.25, -0.2) is 0 Å². The molecule has 0 aromatic heterocycles. The van der Waals surface area contributed by atoms with Crippen LogP contribution in [0.15, 0.2) is 0 Å². The average Bonchev–Trinajstić information content (AvgIpc) is 2.27. The van der Waals surface area contributed by atoms with Gasteiger partial charge in [-0.3, -0.25) is 9.59 Å². The predicted molar refractivity (Wildman–Crippen MR) is 68.1 cm³/mol. The fraction of sp³-hybridized carbons (Fsp3) is 0.857. The van der Waals surface area contributed by atoms with E-state index in [9.17, 15) is 9.59 Å². The Morgan fingerprint density at radius 1 is 1.11 bits per heavy atom. The predicted octanol–water partition coefficient (Wildman–Crippen LogP) is 2.86. The molecule has 0 radical (unpaired) electrons. The van der Waals surface area contributed by atoms with Gasteiger partial charge in [0.1, 0.15) is 0 Å². The number of hydrogen-bond donors (Lipinski definition) is 1. The number of carbonyl (C=O) groups excluding carboxylic acids is 1.